The van der Waals surface area contributed by atoms with Crippen LogP contribution in [-0.4, -0.2) is 38.2 Å². The molecule has 3 heteroatoms. The molecule has 1 saturated carbocycles. The average Bonchev–Trinajstić information content (AvgIpc) is 3.23. The third-order valence-electron chi connectivity index (χ3n) is 3.70. The molecule has 1 aliphatic rings. The van der Waals surface area contributed by atoms with Crippen LogP contribution in [0.15, 0.2) is 24.3 Å². The van der Waals surface area contributed by atoms with Crippen molar-refractivity contribution in [3.05, 3.63) is 29.8 Å². The van der Waals surface area contributed by atoms with Gasteiger partial charge in [0.1, 0.15) is 5.75 Å². The lowest BCUT2D eigenvalue weighted by Gasteiger charge is -2.19. The number of ether oxygens (including phenoxy) is 1. The summed E-state index contributed by atoms with van der Waals surface area (Å²) in [5, 5.41) is 3.57. The number of benzene rings is 1. The van der Waals surface area contributed by atoms with E-state index in [1.165, 1.54) is 18.4 Å². The highest BCUT2D eigenvalue weighted by Crippen LogP contribution is 2.24. The molecule has 0 aliphatic heterocycles. The van der Waals surface area contributed by atoms with Crippen molar-refractivity contribution in [1.82, 2.24) is 10.2 Å². The highest BCUT2D eigenvalue weighted by molar-refractivity contribution is 5.28. The molecular weight excluding hydrogens is 224 g/mol. The van der Waals surface area contributed by atoms with Gasteiger partial charge in [0.15, 0.2) is 0 Å². The molecule has 0 heterocycles. The van der Waals surface area contributed by atoms with Gasteiger partial charge in [-0.15, -0.1) is 0 Å². The van der Waals surface area contributed by atoms with Crippen molar-refractivity contribution < 1.29 is 4.74 Å². The fourth-order valence-corrected chi connectivity index (χ4v) is 2.17. The first-order valence-electron chi connectivity index (χ1n) is 6.78. The van der Waals surface area contributed by atoms with Crippen molar-refractivity contribution in [3.63, 3.8) is 0 Å². The largest absolute Gasteiger partial charge is 0.497 e. The number of likely N-dealkylation sites (N-methyl/N-ethyl adjacent to an activating group) is 1. The normalized spacial score (nSPS) is 16.9. The van der Waals surface area contributed by atoms with Gasteiger partial charge >= 0.3 is 0 Å². The maximum Gasteiger partial charge on any atom is 0.118 e. The first-order valence-corrected chi connectivity index (χ1v) is 6.78. The highest BCUT2D eigenvalue weighted by atomic mass is 16.5. The van der Waals surface area contributed by atoms with E-state index in [2.05, 4.69) is 36.3 Å². The van der Waals surface area contributed by atoms with Crippen molar-refractivity contribution >= 4 is 0 Å². The zero-order valence-electron chi connectivity index (χ0n) is 11.6. The van der Waals surface area contributed by atoms with Crippen LogP contribution in [0.2, 0.25) is 0 Å². The number of hydrogen-bond donors (Lipinski definition) is 1. The summed E-state index contributed by atoms with van der Waals surface area (Å²) < 4.78 is 5.17. The van der Waals surface area contributed by atoms with Gasteiger partial charge in [0.05, 0.1) is 7.11 Å². The third kappa shape index (κ3) is 3.72. The van der Waals surface area contributed by atoms with Gasteiger partial charge in [0.2, 0.25) is 0 Å². The minimum Gasteiger partial charge on any atom is -0.497 e. The Hall–Kier alpha value is -1.06. The average molecular weight is 248 g/mol. The van der Waals surface area contributed by atoms with E-state index in [0.29, 0.717) is 6.04 Å². The summed E-state index contributed by atoms with van der Waals surface area (Å²) >= 11 is 0. The Morgan fingerprint density at radius 1 is 1.33 bits per heavy atom. The summed E-state index contributed by atoms with van der Waals surface area (Å²) in [4.78, 5) is 2.45. The van der Waals surface area contributed by atoms with Crippen LogP contribution < -0.4 is 10.1 Å². The van der Waals surface area contributed by atoms with Crippen LogP contribution in [0, 0.1) is 0 Å². The smallest absolute Gasteiger partial charge is 0.118 e. The molecule has 1 fully saturated rings. The van der Waals surface area contributed by atoms with Crippen molar-refractivity contribution in [2.45, 2.75) is 31.8 Å². The van der Waals surface area contributed by atoms with Gasteiger partial charge in [-0.3, -0.25) is 0 Å². The summed E-state index contributed by atoms with van der Waals surface area (Å²) in [5.74, 6) is 0.916. The zero-order valence-corrected chi connectivity index (χ0v) is 11.6. The molecule has 1 aliphatic carbocycles. The maximum absolute atomic E-state index is 5.17. The molecule has 0 radical (unpaired) electrons. The molecule has 0 bridgehead atoms. The Morgan fingerprint density at radius 3 is 2.56 bits per heavy atom. The Bertz CT molecular complexity index is 359. The van der Waals surface area contributed by atoms with Gasteiger partial charge in [-0.1, -0.05) is 12.1 Å². The minimum atomic E-state index is 0.392. The standard InChI is InChI=1S/C15H24N2O/c1-12(13-4-8-15(18-3)9-5-13)16-10-11-17(2)14-6-7-14/h4-5,8-9,12,14,16H,6-7,10-11H2,1-3H3. The quantitative estimate of drug-likeness (QED) is 0.802. The molecule has 1 aromatic rings. The molecule has 1 unspecified atom stereocenters. The zero-order chi connectivity index (χ0) is 13.0. The lowest BCUT2D eigenvalue weighted by Crippen LogP contribution is -2.31. The molecule has 3 nitrogen and oxygen atoms in total. The van der Waals surface area contributed by atoms with Crippen LogP contribution in [0.3, 0.4) is 0 Å². The highest BCUT2D eigenvalue weighted by Gasteiger charge is 2.25. The second-order valence-corrected chi connectivity index (χ2v) is 5.16. The second-order valence-electron chi connectivity index (χ2n) is 5.16. The van der Waals surface area contributed by atoms with Gasteiger partial charge in [-0.2, -0.15) is 0 Å². The Balaban J connectivity index is 1.73. The summed E-state index contributed by atoms with van der Waals surface area (Å²) in [6, 6.07) is 9.53. The molecule has 100 valence electrons. The van der Waals surface area contributed by atoms with E-state index in [9.17, 15) is 0 Å². The van der Waals surface area contributed by atoms with Crippen LogP contribution in [0.4, 0.5) is 0 Å². The fourth-order valence-electron chi connectivity index (χ4n) is 2.17. The van der Waals surface area contributed by atoms with Crippen LogP contribution in [0.1, 0.15) is 31.4 Å². The van der Waals surface area contributed by atoms with Gasteiger partial charge in [0.25, 0.3) is 0 Å². The van der Waals surface area contributed by atoms with E-state index in [1.54, 1.807) is 7.11 Å². The number of methoxy groups -OCH3 is 1. The Kier molecular flexibility index (Phi) is 4.61. The predicted octanol–water partition coefficient (Wildman–Crippen LogP) is 2.44. The number of nitrogens with zero attached hydrogens (tertiary/aromatic N) is 1. The van der Waals surface area contributed by atoms with Crippen LogP contribution in [-0.2, 0) is 0 Å². The van der Waals surface area contributed by atoms with Crippen LogP contribution in [0.25, 0.3) is 0 Å². The van der Waals surface area contributed by atoms with Gasteiger partial charge in [0, 0.05) is 25.2 Å². The van der Waals surface area contributed by atoms with Crippen molar-refractivity contribution in [2.75, 3.05) is 27.2 Å². The van der Waals surface area contributed by atoms with Gasteiger partial charge in [-0.25, -0.2) is 0 Å². The molecule has 0 aromatic heterocycles. The number of rotatable bonds is 7. The second kappa shape index (κ2) is 6.21. The van der Waals surface area contributed by atoms with Crippen molar-refractivity contribution in [1.29, 1.82) is 0 Å². The predicted molar refractivity (Wildman–Crippen MR) is 75.1 cm³/mol. The van der Waals surface area contributed by atoms with E-state index in [1.807, 2.05) is 12.1 Å². The lowest BCUT2D eigenvalue weighted by atomic mass is 10.1. The molecule has 0 spiro atoms. The monoisotopic (exact) mass is 248 g/mol. The van der Waals surface area contributed by atoms with Gasteiger partial charge < -0.3 is 15.0 Å². The molecule has 0 amide bonds. The minimum absolute atomic E-state index is 0.392. The van der Waals surface area contributed by atoms with Crippen LogP contribution in [0.5, 0.6) is 5.75 Å². The fraction of sp³-hybridized carbons (Fsp3) is 0.600. The van der Waals surface area contributed by atoms with E-state index in [0.717, 1.165) is 24.9 Å². The molecule has 1 aromatic carbocycles. The number of nitrogens with one attached hydrogen (secondary N) is 1. The van der Waals surface area contributed by atoms with E-state index < -0.39 is 0 Å². The molecular formula is C15H24N2O. The van der Waals surface area contributed by atoms with E-state index in [4.69, 9.17) is 4.74 Å². The first kappa shape index (κ1) is 13.4. The summed E-state index contributed by atoms with van der Waals surface area (Å²) in [6.07, 6.45) is 2.76. The van der Waals surface area contributed by atoms with E-state index >= 15 is 0 Å². The Morgan fingerprint density at radius 2 is 2.00 bits per heavy atom. The lowest BCUT2D eigenvalue weighted by molar-refractivity contribution is 0.316. The third-order valence-corrected chi connectivity index (χ3v) is 3.70. The van der Waals surface area contributed by atoms with Crippen LogP contribution >= 0.6 is 0 Å². The number of hydrogen-bond acceptors (Lipinski definition) is 3. The van der Waals surface area contributed by atoms with E-state index in [-0.39, 0.29) is 0 Å². The molecule has 1 N–H and O–H groups in total. The molecule has 2 rings (SSSR count). The topological polar surface area (TPSA) is 24.5 Å². The van der Waals surface area contributed by atoms with Crippen molar-refractivity contribution in [3.8, 4) is 5.75 Å². The summed E-state index contributed by atoms with van der Waals surface area (Å²) in [5.41, 5.74) is 1.31. The molecule has 1 atom stereocenters. The molecule has 18 heavy (non-hydrogen) atoms. The van der Waals surface area contributed by atoms with Crippen molar-refractivity contribution in [2.24, 2.45) is 0 Å². The first-order chi connectivity index (χ1) is 8.70. The maximum atomic E-state index is 5.17. The Labute approximate surface area is 110 Å². The van der Waals surface area contributed by atoms with Gasteiger partial charge in [-0.05, 0) is 44.5 Å². The summed E-state index contributed by atoms with van der Waals surface area (Å²) in [7, 11) is 3.92. The summed E-state index contributed by atoms with van der Waals surface area (Å²) in [6.45, 7) is 4.38. The molecule has 0 saturated heterocycles. The SMILES string of the molecule is COc1ccc(C(C)NCCN(C)C2CC2)cc1.